The van der Waals surface area contributed by atoms with E-state index in [4.69, 9.17) is 4.74 Å². The Labute approximate surface area is 125 Å². The average molecular weight is 276 g/mol. The lowest BCUT2D eigenvalue weighted by molar-refractivity contribution is 0.104. The van der Waals surface area contributed by atoms with Crippen LogP contribution in [0.4, 0.5) is 0 Å². The molecule has 0 heterocycles. The molecule has 0 aliphatic rings. The predicted molar refractivity (Wildman–Crippen MR) is 84.4 cm³/mol. The Morgan fingerprint density at radius 3 is 2.48 bits per heavy atom. The van der Waals surface area contributed by atoms with E-state index in [9.17, 15) is 4.79 Å². The zero-order chi connectivity index (χ0) is 14.9. The first-order chi connectivity index (χ1) is 10.3. The van der Waals surface area contributed by atoms with Crippen LogP contribution in [0, 0.1) is 11.8 Å². The Hall–Kier alpha value is -2.79. The molecule has 0 unspecified atom stereocenters. The summed E-state index contributed by atoms with van der Waals surface area (Å²) < 4.78 is 5.34. The Morgan fingerprint density at radius 1 is 1.10 bits per heavy atom. The minimum atomic E-state index is -0.0691. The molecule has 2 aromatic rings. The van der Waals surface area contributed by atoms with Gasteiger partial charge < -0.3 is 4.74 Å². The quantitative estimate of drug-likeness (QED) is 0.481. The number of carbonyl (C=O) groups is 1. The summed E-state index contributed by atoms with van der Waals surface area (Å²) in [5.74, 6) is 6.52. The average Bonchev–Trinajstić information content (AvgIpc) is 2.53. The van der Waals surface area contributed by atoms with E-state index in [0.717, 1.165) is 11.3 Å². The van der Waals surface area contributed by atoms with Gasteiger partial charge in [-0.15, -0.1) is 0 Å². The molecule has 0 N–H and O–H groups in total. The normalized spacial score (nSPS) is 9.95. The van der Waals surface area contributed by atoms with Crippen molar-refractivity contribution in [3.63, 3.8) is 0 Å². The van der Waals surface area contributed by atoms with E-state index in [1.54, 1.807) is 30.3 Å². The summed E-state index contributed by atoms with van der Waals surface area (Å²) in [4.78, 5) is 11.9. The first-order valence-corrected chi connectivity index (χ1v) is 6.80. The van der Waals surface area contributed by atoms with Crippen LogP contribution in [0.25, 0.3) is 0 Å². The van der Waals surface area contributed by atoms with Crippen LogP contribution in [0.2, 0.25) is 0 Å². The Bertz CT molecular complexity index is 671. The third-order valence-electron chi connectivity index (χ3n) is 2.76. The highest BCUT2D eigenvalue weighted by atomic mass is 16.5. The standard InChI is InChI=1S/C19H16O2/c1-2-21-18-14-12-17(13-15-18)19(20)11-7-6-10-16-8-4-3-5-9-16/h3-5,7-9,11-15H,2H2,1H3. The molecule has 0 aliphatic carbocycles. The molecule has 21 heavy (non-hydrogen) atoms. The van der Waals surface area contributed by atoms with Crippen molar-refractivity contribution in [3.8, 4) is 17.6 Å². The number of carbonyl (C=O) groups excluding carboxylic acids is 1. The Morgan fingerprint density at radius 2 is 1.81 bits per heavy atom. The minimum absolute atomic E-state index is 0.0691. The van der Waals surface area contributed by atoms with Gasteiger partial charge >= 0.3 is 0 Å². The Balaban J connectivity index is 1.98. The lowest BCUT2D eigenvalue weighted by Crippen LogP contribution is -1.95. The molecule has 104 valence electrons. The van der Waals surface area contributed by atoms with Crippen molar-refractivity contribution in [2.75, 3.05) is 6.61 Å². The van der Waals surface area contributed by atoms with E-state index in [1.807, 2.05) is 37.3 Å². The SMILES string of the molecule is CCOc1ccc(C(=O)C=CC#Cc2ccccc2)cc1. The summed E-state index contributed by atoms with van der Waals surface area (Å²) >= 11 is 0. The van der Waals surface area contributed by atoms with Crippen molar-refractivity contribution in [3.05, 3.63) is 77.9 Å². The van der Waals surface area contributed by atoms with E-state index in [2.05, 4.69) is 11.8 Å². The van der Waals surface area contributed by atoms with Crippen molar-refractivity contribution >= 4 is 5.78 Å². The number of hydrogen-bond donors (Lipinski definition) is 0. The first kappa shape index (κ1) is 14.6. The van der Waals surface area contributed by atoms with Gasteiger partial charge in [0.25, 0.3) is 0 Å². The van der Waals surface area contributed by atoms with Crippen LogP contribution in [0.15, 0.2) is 66.7 Å². The molecule has 0 saturated carbocycles. The number of rotatable bonds is 4. The van der Waals surface area contributed by atoms with Crippen LogP contribution >= 0.6 is 0 Å². The fourth-order valence-corrected chi connectivity index (χ4v) is 1.74. The highest BCUT2D eigenvalue weighted by molar-refractivity contribution is 6.04. The van der Waals surface area contributed by atoms with Gasteiger partial charge in [0, 0.05) is 11.1 Å². The van der Waals surface area contributed by atoms with E-state index >= 15 is 0 Å². The van der Waals surface area contributed by atoms with E-state index < -0.39 is 0 Å². The fraction of sp³-hybridized carbons (Fsp3) is 0.105. The van der Waals surface area contributed by atoms with Gasteiger partial charge in [0.05, 0.1) is 6.61 Å². The van der Waals surface area contributed by atoms with Crippen LogP contribution in [-0.4, -0.2) is 12.4 Å². The van der Waals surface area contributed by atoms with Gasteiger partial charge in [-0.3, -0.25) is 4.79 Å². The van der Waals surface area contributed by atoms with Crippen molar-refractivity contribution in [2.24, 2.45) is 0 Å². The molecule has 2 rings (SSSR count). The van der Waals surface area contributed by atoms with Gasteiger partial charge in [-0.05, 0) is 55.5 Å². The number of allylic oxidation sites excluding steroid dienone is 2. The van der Waals surface area contributed by atoms with Crippen LogP contribution < -0.4 is 4.74 Å². The number of ether oxygens (including phenoxy) is 1. The van der Waals surface area contributed by atoms with Crippen LogP contribution in [0.5, 0.6) is 5.75 Å². The maximum absolute atomic E-state index is 11.9. The molecule has 2 aromatic carbocycles. The number of benzene rings is 2. The monoisotopic (exact) mass is 276 g/mol. The highest BCUT2D eigenvalue weighted by Crippen LogP contribution is 2.12. The van der Waals surface area contributed by atoms with Crippen LogP contribution in [-0.2, 0) is 0 Å². The number of ketones is 1. The molecule has 2 nitrogen and oxygen atoms in total. The van der Waals surface area contributed by atoms with Gasteiger partial charge in [0.2, 0.25) is 0 Å². The molecule has 0 fully saturated rings. The zero-order valence-corrected chi connectivity index (χ0v) is 11.9. The first-order valence-electron chi connectivity index (χ1n) is 6.80. The summed E-state index contributed by atoms with van der Waals surface area (Å²) in [7, 11) is 0. The molecule has 2 heteroatoms. The third-order valence-corrected chi connectivity index (χ3v) is 2.76. The topological polar surface area (TPSA) is 26.3 Å². The van der Waals surface area contributed by atoms with Crippen LogP contribution in [0.1, 0.15) is 22.8 Å². The third kappa shape index (κ3) is 4.67. The van der Waals surface area contributed by atoms with E-state index in [0.29, 0.717) is 12.2 Å². The molecule has 0 radical (unpaired) electrons. The molecular formula is C19H16O2. The second kappa shape index (κ2) is 7.72. The summed E-state index contributed by atoms with van der Waals surface area (Å²) in [6.45, 7) is 2.54. The molecular weight excluding hydrogens is 260 g/mol. The molecule has 0 aromatic heterocycles. The van der Waals surface area contributed by atoms with Gasteiger partial charge in [0.1, 0.15) is 5.75 Å². The van der Waals surface area contributed by atoms with Gasteiger partial charge in [-0.2, -0.15) is 0 Å². The molecule has 0 atom stereocenters. The molecule has 0 bridgehead atoms. The van der Waals surface area contributed by atoms with Gasteiger partial charge in [0.15, 0.2) is 5.78 Å². The summed E-state index contributed by atoms with van der Waals surface area (Å²) in [5.41, 5.74) is 1.55. The maximum Gasteiger partial charge on any atom is 0.186 e. The lowest BCUT2D eigenvalue weighted by Gasteiger charge is -2.02. The van der Waals surface area contributed by atoms with Crippen molar-refractivity contribution < 1.29 is 9.53 Å². The maximum atomic E-state index is 11.9. The summed E-state index contributed by atoms with van der Waals surface area (Å²) in [6, 6.07) is 16.7. The van der Waals surface area contributed by atoms with Crippen LogP contribution in [0.3, 0.4) is 0 Å². The van der Waals surface area contributed by atoms with E-state index in [-0.39, 0.29) is 5.78 Å². The largest absolute Gasteiger partial charge is 0.494 e. The minimum Gasteiger partial charge on any atom is -0.494 e. The second-order valence-electron chi connectivity index (χ2n) is 4.29. The number of hydrogen-bond acceptors (Lipinski definition) is 2. The molecule has 0 spiro atoms. The highest BCUT2D eigenvalue weighted by Gasteiger charge is 2.01. The van der Waals surface area contributed by atoms with Gasteiger partial charge in [-0.1, -0.05) is 30.0 Å². The second-order valence-corrected chi connectivity index (χ2v) is 4.29. The van der Waals surface area contributed by atoms with Crippen molar-refractivity contribution in [2.45, 2.75) is 6.92 Å². The lowest BCUT2D eigenvalue weighted by atomic mass is 10.1. The van der Waals surface area contributed by atoms with Gasteiger partial charge in [-0.25, -0.2) is 0 Å². The fourth-order valence-electron chi connectivity index (χ4n) is 1.74. The molecule has 0 saturated heterocycles. The summed E-state index contributed by atoms with van der Waals surface area (Å²) in [6.07, 6.45) is 3.05. The summed E-state index contributed by atoms with van der Waals surface area (Å²) in [5, 5.41) is 0. The molecule has 0 aliphatic heterocycles. The van der Waals surface area contributed by atoms with E-state index in [1.165, 1.54) is 6.08 Å². The molecule has 0 amide bonds. The smallest absolute Gasteiger partial charge is 0.186 e. The predicted octanol–water partition coefficient (Wildman–Crippen LogP) is 3.88. The van der Waals surface area contributed by atoms with Crippen molar-refractivity contribution in [1.29, 1.82) is 0 Å². The zero-order valence-electron chi connectivity index (χ0n) is 11.9. The Kier molecular flexibility index (Phi) is 5.37. The van der Waals surface area contributed by atoms with Crippen molar-refractivity contribution in [1.82, 2.24) is 0 Å².